The van der Waals surface area contributed by atoms with E-state index < -0.39 is 37.2 Å². The summed E-state index contributed by atoms with van der Waals surface area (Å²) in [7, 11) is 0. The number of hydrazine groups is 1. The summed E-state index contributed by atoms with van der Waals surface area (Å²) in [5.41, 5.74) is 2.41. The number of ether oxygens (including phenoxy) is 1. The highest BCUT2D eigenvalue weighted by molar-refractivity contribution is 5.82. The Morgan fingerprint density at radius 2 is 2.14 bits per heavy atom. The minimum Gasteiger partial charge on any atom is -0.394 e. The maximum absolute atomic E-state index is 13.4. The Labute approximate surface area is 117 Å². The van der Waals surface area contributed by atoms with Crippen molar-refractivity contribution in [3.63, 3.8) is 0 Å². The first-order valence-corrected chi connectivity index (χ1v) is 6.06. The molecule has 2 aromatic heterocycles. The van der Waals surface area contributed by atoms with Crippen molar-refractivity contribution in [3.8, 4) is 0 Å². The van der Waals surface area contributed by atoms with Crippen molar-refractivity contribution < 1.29 is 24.4 Å². The molecule has 1 saturated heterocycles. The molecule has 1 aliphatic heterocycles. The summed E-state index contributed by atoms with van der Waals surface area (Å²) in [6, 6.07) is 0. The lowest BCUT2D eigenvalue weighted by atomic mass is 10.1. The lowest BCUT2D eigenvalue weighted by molar-refractivity contribution is -0.0511. The van der Waals surface area contributed by atoms with E-state index in [1.54, 1.807) is 0 Å². The number of rotatable bonds is 3. The van der Waals surface area contributed by atoms with Crippen LogP contribution in [0.25, 0.3) is 11.2 Å². The molecule has 0 aliphatic carbocycles. The molecule has 2 aromatic rings. The van der Waals surface area contributed by atoms with Crippen molar-refractivity contribution in [1.29, 1.82) is 0 Å². The van der Waals surface area contributed by atoms with Crippen LogP contribution >= 0.6 is 0 Å². The Hall–Kier alpha value is -1.92. The third kappa shape index (κ3) is 2.11. The fourth-order valence-electron chi connectivity index (χ4n) is 2.29. The Balaban J connectivity index is 2.07. The van der Waals surface area contributed by atoms with Gasteiger partial charge in [-0.3, -0.25) is 4.57 Å². The average Bonchev–Trinajstić information content (AvgIpc) is 3.01. The highest BCUT2D eigenvalue weighted by Gasteiger charge is 2.44. The molecule has 0 aromatic carbocycles. The lowest BCUT2D eigenvalue weighted by Gasteiger charge is -2.16. The lowest BCUT2D eigenvalue weighted by Crippen LogP contribution is -2.33. The molecule has 1 fully saturated rings. The smallest absolute Gasteiger partial charge is 0.312 e. The van der Waals surface area contributed by atoms with Gasteiger partial charge in [-0.05, 0) is 0 Å². The highest BCUT2D eigenvalue weighted by Crippen LogP contribution is 2.32. The molecule has 0 bridgehead atoms. The standard InChI is InChI=1S/C10H13FN6O4/c11-10-14-7(16-12)4-8(15-10)17(2-13-4)9-6(20)5(19)3(1-18)21-9/h2-3,5-6,9,18-20H,1,12H2,(H,14,15,16)/t3-,5?,6?,9-/m1/s1. The molecule has 6 N–H and O–H groups in total. The van der Waals surface area contributed by atoms with Crippen molar-refractivity contribution in [2.45, 2.75) is 24.5 Å². The van der Waals surface area contributed by atoms with Crippen LogP contribution in [0, 0.1) is 6.08 Å². The van der Waals surface area contributed by atoms with Gasteiger partial charge in [-0.1, -0.05) is 0 Å². The van der Waals surface area contributed by atoms with Gasteiger partial charge in [0.2, 0.25) is 0 Å². The zero-order valence-electron chi connectivity index (χ0n) is 10.6. The minimum atomic E-state index is -1.33. The second-order valence-corrected chi connectivity index (χ2v) is 4.54. The molecular weight excluding hydrogens is 287 g/mol. The predicted octanol–water partition coefficient (Wildman–Crippen LogP) is -2.14. The van der Waals surface area contributed by atoms with Crippen LogP contribution in [0.4, 0.5) is 10.2 Å². The van der Waals surface area contributed by atoms with E-state index in [1.807, 2.05) is 0 Å². The molecule has 11 heteroatoms. The first-order valence-electron chi connectivity index (χ1n) is 6.06. The summed E-state index contributed by atoms with van der Waals surface area (Å²) < 4.78 is 20.0. The number of nitrogens with zero attached hydrogens (tertiary/aromatic N) is 4. The van der Waals surface area contributed by atoms with Crippen molar-refractivity contribution >= 4 is 17.0 Å². The minimum absolute atomic E-state index is 0.0250. The quantitative estimate of drug-likeness (QED) is 0.243. The summed E-state index contributed by atoms with van der Waals surface area (Å²) >= 11 is 0. The van der Waals surface area contributed by atoms with E-state index in [1.165, 1.54) is 10.9 Å². The molecular formula is C10H13FN6O4. The number of aliphatic hydroxyl groups excluding tert-OH is 3. The number of aromatic nitrogens is 4. The predicted molar refractivity (Wildman–Crippen MR) is 66.1 cm³/mol. The number of halogens is 1. The molecule has 1 aliphatic rings. The Bertz CT molecular complexity index is 666. The maximum Gasteiger partial charge on any atom is 0.312 e. The third-order valence-corrected chi connectivity index (χ3v) is 3.32. The van der Waals surface area contributed by atoms with Crippen molar-refractivity contribution in [2.75, 3.05) is 12.0 Å². The molecule has 0 spiro atoms. The maximum atomic E-state index is 13.4. The van der Waals surface area contributed by atoms with E-state index in [9.17, 15) is 14.6 Å². The molecule has 3 rings (SSSR count). The number of aliphatic hydroxyl groups is 3. The number of hydrogen-bond acceptors (Lipinski definition) is 9. The van der Waals surface area contributed by atoms with Crippen LogP contribution in [0.3, 0.4) is 0 Å². The zero-order valence-corrected chi connectivity index (χ0v) is 10.6. The fraction of sp³-hybridized carbons (Fsp3) is 0.500. The van der Waals surface area contributed by atoms with E-state index in [0.717, 1.165) is 0 Å². The van der Waals surface area contributed by atoms with Crippen molar-refractivity contribution in [2.24, 2.45) is 5.84 Å². The molecule has 10 nitrogen and oxygen atoms in total. The molecule has 0 radical (unpaired) electrons. The van der Waals surface area contributed by atoms with E-state index >= 15 is 0 Å². The van der Waals surface area contributed by atoms with E-state index in [-0.39, 0.29) is 17.0 Å². The van der Waals surface area contributed by atoms with Crippen LogP contribution in [0.2, 0.25) is 0 Å². The number of fused-ring (bicyclic) bond motifs is 1. The summed E-state index contributed by atoms with van der Waals surface area (Å²) in [6.07, 6.45) is -4.42. The van der Waals surface area contributed by atoms with Crippen LogP contribution in [-0.4, -0.2) is 59.8 Å². The fourth-order valence-corrected chi connectivity index (χ4v) is 2.29. The number of nitrogens with two attached hydrogens (primary N) is 1. The number of hydrogen-bond donors (Lipinski definition) is 5. The first-order chi connectivity index (χ1) is 10.1. The largest absolute Gasteiger partial charge is 0.394 e. The number of nitrogen functional groups attached to an aromatic ring is 1. The number of nitrogens with one attached hydrogen (secondary N) is 1. The van der Waals surface area contributed by atoms with Crippen LogP contribution in [0.5, 0.6) is 0 Å². The monoisotopic (exact) mass is 300 g/mol. The van der Waals surface area contributed by atoms with Gasteiger partial charge in [-0.15, -0.1) is 0 Å². The zero-order chi connectivity index (χ0) is 15.1. The van der Waals surface area contributed by atoms with Gasteiger partial charge in [0.25, 0.3) is 0 Å². The Kier molecular flexibility index (Phi) is 3.43. The van der Waals surface area contributed by atoms with E-state index in [2.05, 4.69) is 20.4 Å². The van der Waals surface area contributed by atoms with Crippen molar-refractivity contribution in [1.82, 2.24) is 19.5 Å². The van der Waals surface area contributed by atoms with Crippen molar-refractivity contribution in [3.05, 3.63) is 12.4 Å². The molecule has 0 saturated carbocycles. The summed E-state index contributed by atoms with van der Waals surface area (Å²) in [6.45, 7) is -0.472. The summed E-state index contributed by atoms with van der Waals surface area (Å²) in [5.74, 6) is 5.21. The topological polar surface area (TPSA) is 152 Å². The summed E-state index contributed by atoms with van der Waals surface area (Å²) in [5, 5.41) is 28.8. The third-order valence-electron chi connectivity index (χ3n) is 3.32. The van der Waals surface area contributed by atoms with Gasteiger partial charge in [-0.2, -0.15) is 14.4 Å². The average molecular weight is 300 g/mol. The van der Waals surface area contributed by atoms with E-state index in [4.69, 9.17) is 15.7 Å². The Morgan fingerprint density at radius 3 is 2.76 bits per heavy atom. The molecule has 21 heavy (non-hydrogen) atoms. The molecule has 4 atom stereocenters. The normalized spacial score (nSPS) is 29.2. The molecule has 3 heterocycles. The second-order valence-electron chi connectivity index (χ2n) is 4.54. The van der Waals surface area contributed by atoms with E-state index in [0.29, 0.717) is 0 Å². The van der Waals surface area contributed by atoms with Gasteiger partial charge in [0.05, 0.1) is 12.9 Å². The highest BCUT2D eigenvalue weighted by atomic mass is 19.1. The number of anilines is 1. The summed E-state index contributed by atoms with van der Waals surface area (Å²) in [4.78, 5) is 11.0. The van der Waals surface area contributed by atoms with Gasteiger partial charge >= 0.3 is 6.08 Å². The van der Waals surface area contributed by atoms with Crippen LogP contribution in [0.1, 0.15) is 6.23 Å². The van der Waals surface area contributed by atoms with Crippen LogP contribution in [-0.2, 0) is 4.74 Å². The van der Waals surface area contributed by atoms with Crippen LogP contribution in [0.15, 0.2) is 6.33 Å². The van der Waals surface area contributed by atoms with Gasteiger partial charge in [0.1, 0.15) is 18.3 Å². The molecule has 114 valence electrons. The first kappa shape index (κ1) is 14.0. The number of imidazole rings is 1. The molecule has 2 unspecified atom stereocenters. The Morgan fingerprint density at radius 1 is 1.38 bits per heavy atom. The van der Waals surface area contributed by atoms with Gasteiger partial charge in [-0.25, -0.2) is 10.8 Å². The molecule has 0 amide bonds. The van der Waals surface area contributed by atoms with Crippen LogP contribution < -0.4 is 11.3 Å². The van der Waals surface area contributed by atoms with Gasteiger partial charge < -0.3 is 25.5 Å². The second kappa shape index (κ2) is 5.13. The SMILES string of the molecule is NNc1nc(F)nc2c1ncn2[C@@H]1O[C@H](CO)C(O)C1O. The van der Waals surface area contributed by atoms with Gasteiger partial charge in [0.15, 0.2) is 23.2 Å². The van der Waals surface area contributed by atoms with Gasteiger partial charge in [0, 0.05) is 0 Å².